The molecule has 0 radical (unpaired) electrons. The summed E-state index contributed by atoms with van der Waals surface area (Å²) in [5.74, 6) is 1.02. The van der Waals surface area contributed by atoms with Gasteiger partial charge in [0.15, 0.2) is 6.61 Å². The first-order chi connectivity index (χ1) is 13.8. The summed E-state index contributed by atoms with van der Waals surface area (Å²) in [5, 5.41) is 5.60. The van der Waals surface area contributed by atoms with E-state index in [2.05, 4.69) is 10.5 Å². The van der Waals surface area contributed by atoms with Crippen LogP contribution in [0.4, 0.5) is 0 Å². The fourth-order valence-corrected chi connectivity index (χ4v) is 3.09. The van der Waals surface area contributed by atoms with Gasteiger partial charge in [-0.2, -0.15) is 5.10 Å². The minimum atomic E-state index is -0.423. The number of nitrogens with zero attached hydrogens (tertiary/aromatic N) is 1. The Morgan fingerprint density at radius 1 is 1.03 bits per heavy atom. The number of hydrazone groups is 1. The predicted molar refractivity (Wildman–Crippen MR) is 117 cm³/mol. The summed E-state index contributed by atoms with van der Waals surface area (Å²) in [6.45, 7) is 1.66. The lowest BCUT2D eigenvalue weighted by Gasteiger charge is -2.06. The van der Waals surface area contributed by atoms with E-state index in [9.17, 15) is 4.79 Å². The summed E-state index contributed by atoms with van der Waals surface area (Å²) >= 11 is 24.1. The van der Waals surface area contributed by atoms with Gasteiger partial charge < -0.3 is 9.15 Å². The van der Waals surface area contributed by atoms with Crippen molar-refractivity contribution in [2.75, 3.05) is 6.61 Å². The van der Waals surface area contributed by atoms with Crippen molar-refractivity contribution in [1.29, 1.82) is 0 Å². The number of ether oxygens (including phenoxy) is 1. The van der Waals surface area contributed by atoms with Crippen LogP contribution in [0.15, 0.2) is 52.0 Å². The van der Waals surface area contributed by atoms with E-state index in [1.54, 1.807) is 42.5 Å². The summed E-state index contributed by atoms with van der Waals surface area (Å²) in [6, 6.07) is 11.7. The molecule has 0 saturated carbocycles. The van der Waals surface area contributed by atoms with Gasteiger partial charge in [-0.1, -0.05) is 46.4 Å². The second-order valence-corrected chi connectivity index (χ2v) is 7.57. The van der Waals surface area contributed by atoms with Gasteiger partial charge in [0.2, 0.25) is 0 Å². The molecule has 0 spiro atoms. The average Bonchev–Trinajstić information content (AvgIpc) is 3.14. The van der Waals surface area contributed by atoms with Crippen LogP contribution >= 0.6 is 46.4 Å². The third kappa shape index (κ3) is 5.67. The Bertz CT molecular complexity index is 1080. The van der Waals surface area contributed by atoms with E-state index >= 15 is 0 Å². The van der Waals surface area contributed by atoms with Crippen LogP contribution in [0.2, 0.25) is 20.1 Å². The van der Waals surface area contributed by atoms with Crippen LogP contribution in [0.3, 0.4) is 0 Å². The number of rotatable bonds is 6. The number of carbonyl (C=O) groups is 1. The molecule has 0 aliphatic carbocycles. The zero-order valence-electron chi connectivity index (χ0n) is 15.0. The molecule has 0 aliphatic heterocycles. The third-order valence-electron chi connectivity index (χ3n) is 3.78. The number of benzene rings is 2. The first-order valence-electron chi connectivity index (χ1n) is 8.29. The largest absolute Gasteiger partial charge is 0.484 e. The highest BCUT2D eigenvalue weighted by Gasteiger charge is 2.11. The minimum Gasteiger partial charge on any atom is -0.484 e. The minimum absolute atomic E-state index is 0.194. The Hall–Kier alpha value is -2.18. The summed E-state index contributed by atoms with van der Waals surface area (Å²) in [6.07, 6.45) is 1.36. The van der Waals surface area contributed by atoms with Crippen LogP contribution in [0, 0.1) is 6.92 Å². The Kier molecular flexibility index (Phi) is 7.09. The van der Waals surface area contributed by atoms with Crippen molar-refractivity contribution in [1.82, 2.24) is 5.43 Å². The maximum Gasteiger partial charge on any atom is 0.277 e. The maximum atomic E-state index is 11.8. The van der Waals surface area contributed by atoms with Crippen molar-refractivity contribution in [3.63, 3.8) is 0 Å². The molecular formula is C20H14Cl4N2O3. The standard InChI is InChI=1S/C20H14Cl4N2O3/c1-11-6-12(2-4-15(11)21)28-10-20(27)26-25-9-13-3-5-19(29-13)14-7-17(23)18(24)8-16(14)22/h2-9H,10H2,1H3,(H,26,27)/b25-9+. The Morgan fingerprint density at radius 3 is 2.55 bits per heavy atom. The van der Waals surface area contributed by atoms with E-state index in [0.717, 1.165) is 5.56 Å². The van der Waals surface area contributed by atoms with Gasteiger partial charge in [-0.05, 0) is 55.0 Å². The van der Waals surface area contributed by atoms with Crippen molar-refractivity contribution in [2.24, 2.45) is 5.10 Å². The number of hydrogen-bond acceptors (Lipinski definition) is 4. The second-order valence-electron chi connectivity index (χ2n) is 5.94. The van der Waals surface area contributed by atoms with Crippen LogP contribution in [0.25, 0.3) is 11.3 Å². The molecule has 0 bridgehead atoms. The Labute approximate surface area is 187 Å². The summed E-state index contributed by atoms with van der Waals surface area (Å²) in [7, 11) is 0. The number of furan rings is 1. The molecule has 1 N–H and O–H groups in total. The summed E-state index contributed by atoms with van der Waals surface area (Å²) < 4.78 is 11.0. The van der Waals surface area contributed by atoms with Crippen LogP contribution in [0.5, 0.6) is 5.75 Å². The molecule has 5 nitrogen and oxygen atoms in total. The van der Waals surface area contributed by atoms with Crippen LogP contribution in [0.1, 0.15) is 11.3 Å². The third-order valence-corrected chi connectivity index (χ3v) is 5.24. The van der Waals surface area contributed by atoms with Gasteiger partial charge in [0, 0.05) is 10.6 Å². The zero-order valence-corrected chi connectivity index (χ0v) is 18.0. The van der Waals surface area contributed by atoms with Crippen molar-refractivity contribution >= 4 is 58.5 Å². The number of hydrogen-bond donors (Lipinski definition) is 1. The topological polar surface area (TPSA) is 63.8 Å². The number of nitrogens with one attached hydrogen (secondary N) is 1. The summed E-state index contributed by atoms with van der Waals surface area (Å²) in [4.78, 5) is 11.8. The number of amides is 1. The van der Waals surface area contributed by atoms with E-state index < -0.39 is 5.91 Å². The van der Waals surface area contributed by atoms with E-state index in [0.29, 0.717) is 42.9 Å². The lowest BCUT2D eigenvalue weighted by Crippen LogP contribution is -2.24. The molecule has 1 amide bonds. The van der Waals surface area contributed by atoms with E-state index in [1.165, 1.54) is 6.21 Å². The van der Waals surface area contributed by atoms with Gasteiger partial charge >= 0.3 is 0 Å². The quantitative estimate of drug-likeness (QED) is 0.257. The zero-order chi connectivity index (χ0) is 21.0. The predicted octanol–water partition coefficient (Wildman–Crippen LogP) is 6.40. The van der Waals surface area contributed by atoms with Crippen molar-refractivity contribution in [3.05, 3.63) is 73.9 Å². The fourth-order valence-electron chi connectivity index (χ4n) is 2.33. The van der Waals surface area contributed by atoms with Crippen molar-refractivity contribution < 1.29 is 13.9 Å². The van der Waals surface area contributed by atoms with E-state index in [4.69, 9.17) is 55.6 Å². The molecule has 9 heteroatoms. The van der Waals surface area contributed by atoms with E-state index in [-0.39, 0.29) is 6.61 Å². The molecular weight excluding hydrogens is 458 g/mol. The Morgan fingerprint density at radius 2 is 1.79 bits per heavy atom. The Balaban J connectivity index is 1.56. The van der Waals surface area contributed by atoms with Crippen molar-refractivity contribution in [2.45, 2.75) is 6.92 Å². The van der Waals surface area contributed by atoms with Gasteiger partial charge in [0.1, 0.15) is 17.3 Å². The van der Waals surface area contributed by atoms with Gasteiger partial charge in [0.05, 0.1) is 21.3 Å². The maximum absolute atomic E-state index is 11.8. The highest BCUT2D eigenvalue weighted by Crippen LogP contribution is 2.35. The molecule has 1 heterocycles. The highest BCUT2D eigenvalue weighted by molar-refractivity contribution is 6.44. The normalized spacial score (nSPS) is 11.1. The first kappa shape index (κ1) is 21.5. The van der Waals surface area contributed by atoms with Crippen LogP contribution < -0.4 is 10.2 Å². The smallest absolute Gasteiger partial charge is 0.277 e. The lowest BCUT2D eigenvalue weighted by atomic mass is 10.2. The molecule has 3 rings (SSSR count). The molecule has 3 aromatic rings. The van der Waals surface area contributed by atoms with Crippen LogP contribution in [-0.4, -0.2) is 18.7 Å². The van der Waals surface area contributed by atoms with E-state index in [1.807, 2.05) is 6.92 Å². The number of halogens is 4. The average molecular weight is 472 g/mol. The second kappa shape index (κ2) is 9.55. The molecule has 0 fully saturated rings. The number of carbonyl (C=O) groups excluding carboxylic acids is 1. The first-order valence-corrected chi connectivity index (χ1v) is 9.80. The summed E-state index contributed by atoms with van der Waals surface area (Å²) in [5.41, 5.74) is 3.81. The molecule has 0 unspecified atom stereocenters. The highest BCUT2D eigenvalue weighted by atomic mass is 35.5. The van der Waals surface area contributed by atoms with Gasteiger partial charge in [-0.15, -0.1) is 0 Å². The SMILES string of the molecule is Cc1cc(OCC(=O)N/N=C/c2ccc(-c3cc(Cl)c(Cl)cc3Cl)o2)ccc1Cl. The molecule has 1 aromatic heterocycles. The monoisotopic (exact) mass is 470 g/mol. The number of aryl methyl sites for hydroxylation is 1. The lowest BCUT2D eigenvalue weighted by molar-refractivity contribution is -0.123. The van der Waals surface area contributed by atoms with Gasteiger partial charge in [0.25, 0.3) is 5.91 Å². The van der Waals surface area contributed by atoms with Crippen molar-refractivity contribution in [3.8, 4) is 17.1 Å². The molecule has 150 valence electrons. The molecule has 29 heavy (non-hydrogen) atoms. The van der Waals surface area contributed by atoms with Gasteiger partial charge in [-0.3, -0.25) is 4.79 Å². The fraction of sp³-hybridized carbons (Fsp3) is 0.100. The molecule has 2 aromatic carbocycles. The van der Waals surface area contributed by atoms with Gasteiger partial charge in [-0.25, -0.2) is 5.43 Å². The van der Waals surface area contributed by atoms with Crippen LogP contribution in [-0.2, 0) is 4.79 Å². The molecule has 0 aliphatic rings. The molecule has 0 atom stereocenters. The molecule has 0 saturated heterocycles.